The van der Waals surface area contributed by atoms with Crippen molar-refractivity contribution in [3.63, 3.8) is 0 Å². The smallest absolute Gasteiger partial charge is 0.354 e. The number of nitro benzene ring substituents is 1. The summed E-state index contributed by atoms with van der Waals surface area (Å²) in [5.74, 6) is -1.61. The molecule has 0 unspecified atom stereocenters. The Balaban J connectivity index is 3.04. The molecule has 2 aromatic carbocycles. The minimum atomic E-state index is -0.966. The quantitative estimate of drug-likeness (QED) is 0.471. The predicted molar refractivity (Wildman–Crippen MR) is 59.4 cm³/mol. The average molecular weight is 234 g/mol. The van der Waals surface area contributed by atoms with E-state index in [9.17, 15) is 25.2 Å². The van der Waals surface area contributed by atoms with Crippen molar-refractivity contribution in [1.29, 1.82) is 0 Å². The molecule has 86 valence electrons. The van der Waals surface area contributed by atoms with Crippen LogP contribution in [0.15, 0.2) is 29.4 Å². The molecule has 0 fully saturated rings. The minimum Gasteiger partial charge on any atom is -0.502 e. The van der Waals surface area contributed by atoms with E-state index in [4.69, 9.17) is 0 Å². The molecule has 0 bridgehead atoms. The van der Waals surface area contributed by atoms with Gasteiger partial charge in [0.15, 0.2) is 5.69 Å². The number of hydrogen-bond acceptors (Lipinski definition) is 6. The number of aromatic hydroxyl groups is 2. The standard InChI is InChI=1S/C10H6N2O5/c13-9-6-4-2-1-3-5(6)7(11-15)10(14)8(9)12(16)17/h1-4,13-14H. The molecule has 0 saturated carbocycles. The van der Waals surface area contributed by atoms with Crippen molar-refractivity contribution < 1.29 is 15.1 Å². The van der Waals surface area contributed by atoms with E-state index in [0.29, 0.717) is 0 Å². The molecular formula is C10H6N2O5. The van der Waals surface area contributed by atoms with Gasteiger partial charge in [-0.1, -0.05) is 24.3 Å². The minimum absolute atomic E-state index is 0.0894. The molecule has 2 N–H and O–H groups in total. The summed E-state index contributed by atoms with van der Waals surface area (Å²) in [5.41, 5.74) is -1.37. The predicted octanol–water partition coefficient (Wildman–Crippen LogP) is 2.56. The number of benzene rings is 2. The molecule has 7 heteroatoms. The van der Waals surface area contributed by atoms with E-state index >= 15 is 0 Å². The van der Waals surface area contributed by atoms with Gasteiger partial charge in [-0.05, 0) is 5.18 Å². The summed E-state index contributed by atoms with van der Waals surface area (Å²) < 4.78 is 0. The van der Waals surface area contributed by atoms with Gasteiger partial charge < -0.3 is 10.2 Å². The van der Waals surface area contributed by atoms with Gasteiger partial charge >= 0.3 is 5.69 Å². The van der Waals surface area contributed by atoms with Gasteiger partial charge in [0.1, 0.15) is 0 Å². The largest absolute Gasteiger partial charge is 0.502 e. The number of phenolic OH excluding ortho intramolecular Hbond substituents is 2. The molecule has 0 aromatic heterocycles. The van der Waals surface area contributed by atoms with Crippen LogP contribution in [-0.2, 0) is 0 Å². The Bertz CT molecular complexity index is 638. The van der Waals surface area contributed by atoms with Crippen LogP contribution < -0.4 is 0 Å². The third-order valence-electron chi connectivity index (χ3n) is 2.38. The maximum absolute atomic E-state index is 10.7. The number of phenols is 2. The molecule has 7 nitrogen and oxygen atoms in total. The first kappa shape index (κ1) is 10.8. The van der Waals surface area contributed by atoms with Crippen molar-refractivity contribution >= 4 is 22.1 Å². The summed E-state index contributed by atoms with van der Waals surface area (Å²) >= 11 is 0. The molecule has 0 aliphatic rings. The molecule has 2 rings (SSSR count). The lowest BCUT2D eigenvalue weighted by Crippen LogP contribution is -1.91. The zero-order chi connectivity index (χ0) is 12.6. The van der Waals surface area contributed by atoms with E-state index in [1.54, 1.807) is 6.07 Å². The van der Waals surface area contributed by atoms with Gasteiger partial charge in [0, 0.05) is 10.8 Å². The normalized spacial score (nSPS) is 10.4. The van der Waals surface area contributed by atoms with E-state index in [1.807, 2.05) is 0 Å². The maximum atomic E-state index is 10.7. The molecule has 0 amide bonds. The number of nitro groups is 1. The Labute approximate surface area is 94.0 Å². The van der Waals surface area contributed by atoms with Crippen LogP contribution >= 0.6 is 0 Å². The van der Waals surface area contributed by atoms with Crippen LogP contribution in [-0.4, -0.2) is 15.1 Å². The van der Waals surface area contributed by atoms with Crippen LogP contribution in [0.3, 0.4) is 0 Å². The topological polar surface area (TPSA) is 113 Å². The highest BCUT2D eigenvalue weighted by Gasteiger charge is 2.27. The molecule has 0 radical (unpaired) electrons. The SMILES string of the molecule is O=Nc1c(O)c([N+](=O)[O-])c(O)c2ccccc12. The number of nitroso groups, excluding NO2 is 1. The maximum Gasteiger partial charge on any atom is 0.354 e. The lowest BCUT2D eigenvalue weighted by Gasteiger charge is -2.06. The third kappa shape index (κ3) is 1.44. The van der Waals surface area contributed by atoms with Crippen molar-refractivity contribution in [1.82, 2.24) is 0 Å². The zero-order valence-electron chi connectivity index (χ0n) is 8.32. The van der Waals surface area contributed by atoms with Gasteiger partial charge in [0.05, 0.1) is 4.92 Å². The fourth-order valence-corrected chi connectivity index (χ4v) is 1.64. The number of fused-ring (bicyclic) bond motifs is 1. The van der Waals surface area contributed by atoms with Gasteiger partial charge in [-0.15, -0.1) is 4.91 Å². The van der Waals surface area contributed by atoms with Crippen molar-refractivity contribution in [3.05, 3.63) is 39.3 Å². The van der Waals surface area contributed by atoms with E-state index in [-0.39, 0.29) is 10.8 Å². The lowest BCUT2D eigenvalue weighted by molar-refractivity contribution is -0.386. The molecule has 0 atom stereocenters. The molecule has 0 saturated heterocycles. The van der Waals surface area contributed by atoms with Crippen molar-refractivity contribution in [2.75, 3.05) is 0 Å². The highest BCUT2D eigenvalue weighted by molar-refractivity contribution is 6.03. The van der Waals surface area contributed by atoms with E-state index in [0.717, 1.165) is 0 Å². The van der Waals surface area contributed by atoms with Crippen LogP contribution in [0.2, 0.25) is 0 Å². The first-order valence-corrected chi connectivity index (χ1v) is 4.52. The Morgan fingerprint density at radius 3 is 2.24 bits per heavy atom. The number of hydrogen-bond donors (Lipinski definition) is 2. The fourth-order valence-electron chi connectivity index (χ4n) is 1.64. The second kappa shape index (κ2) is 3.71. The van der Waals surface area contributed by atoms with Crippen LogP contribution in [0.4, 0.5) is 11.4 Å². The highest BCUT2D eigenvalue weighted by Crippen LogP contribution is 2.48. The van der Waals surface area contributed by atoms with E-state index in [2.05, 4.69) is 5.18 Å². The van der Waals surface area contributed by atoms with Crippen molar-refractivity contribution in [2.24, 2.45) is 5.18 Å². The lowest BCUT2D eigenvalue weighted by atomic mass is 10.1. The van der Waals surface area contributed by atoms with Crippen molar-refractivity contribution in [3.8, 4) is 11.5 Å². The van der Waals surface area contributed by atoms with Crippen LogP contribution in [0, 0.1) is 15.0 Å². The van der Waals surface area contributed by atoms with E-state index < -0.39 is 27.8 Å². The summed E-state index contributed by atoms with van der Waals surface area (Å²) in [6.45, 7) is 0. The Kier molecular flexibility index (Phi) is 2.36. The van der Waals surface area contributed by atoms with Gasteiger partial charge in [-0.25, -0.2) is 0 Å². The van der Waals surface area contributed by atoms with Gasteiger partial charge in [-0.3, -0.25) is 10.1 Å². The number of nitrogens with zero attached hydrogens (tertiary/aromatic N) is 2. The zero-order valence-corrected chi connectivity index (χ0v) is 8.32. The highest BCUT2D eigenvalue weighted by atomic mass is 16.6. The van der Waals surface area contributed by atoms with Gasteiger partial charge in [0.2, 0.25) is 11.5 Å². The molecule has 0 aliphatic carbocycles. The second-order valence-electron chi connectivity index (χ2n) is 3.29. The summed E-state index contributed by atoms with van der Waals surface area (Å²) in [5, 5.41) is 32.7. The molecular weight excluding hydrogens is 228 g/mol. The average Bonchev–Trinajstić information content (AvgIpc) is 2.29. The Morgan fingerprint density at radius 2 is 1.71 bits per heavy atom. The third-order valence-corrected chi connectivity index (χ3v) is 2.38. The first-order valence-electron chi connectivity index (χ1n) is 4.52. The molecule has 0 spiro atoms. The van der Waals surface area contributed by atoms with Gasteiger partial charge in [-0.2, -0.15) is 0 Å². The summed E-state index contributed by atoms with van der Waals surface area (Å²) in [6.07, 6.45) is 0. The molecule has 17 heavy (non-hydrogen) atoms. The van der Waals surface area contributed by atoms with Crippen LogP contribution in [0.1, 0.15) is 0 Å². The molecule has 0 heterocycles. The summed E-state index contributed by atoms with van der Waals surface area (Å²) in [4.78, 5) is 20.3. The van der Waals surface area contributed by atoms with Crippen LogP contribution in [0.25, 0.3) is 10.8 Å². The monoisotopic (exact) mass is 234 g/mol. The number of rotatable bonds is 2. The molecule has 0 aliphatic heterocycles. The Morgan fingerprint density at radius 1 is 1.12 bits per heavy atom. The summed E-state index contributed by atoms with van der Waals surface area (Å²) in [6, 6.07) is 5.92. The first-order chi connectivity index (χ1) is 8.07. The fraction of sp³-hybridized carbons (Fsp3) is 0. The van der Waals surface area contributed by atoms with Gasteiger partial charge in [0.25, 0.3) is 0 Å². The van der Waals surface area contributed by atoms with Crippen molar-refractivity contribution in [2.45, 2.75) is 0 Å². The Hall–Kier alpha value is -2.70. The summed E-state index contributed by atoms with van der Waals surface area (Å²) in [7, 11) is 0. The van der Waals surface area contributed by atoms with Crippen LogP contribution in [0.5, 0.6) is 11.5 Å². The molecule has 2 aromatic rings. The second-order valence-corrected chi connectivity index (χ2v) is 3.29. The van der Waals surface area contributed by atoms with E-state index in [1.165, 1.54) is 18.2 Å².